The van der Waals surface area contributed by atoms with E-state index in [4.69, 9.17) is 0 Å². The average Bonchev–Trinajstić information content (AvgIpc) is 2.96. The summed E-state index contributed by atoms with van der Waals surface area (Å²) in [5, 5.41) is 3.46. The number of fused-ring (bicyclic) bond motifs is 1. The first-order valence-corrected chi connectivity index (χ1v) is 7.40. The van der Waals surface area contributed by atoms with Crippen LogP contribution >= 0.6 is 11.8 Å². The maximum absolute atomic E-state index is 12.0. The van der Waals surface area contributed by atoms with Gasteiger partial charge in [-0.2, -0.15) is 0 Å². The predicted molar refractivity (Wildman–Crippen MR) is 78.0 cm³/mol. The number of nitrogens with one attached hydrogen (secondary N) is 1. The Kier molecular flexibility index (Phi) is 3.78. The lowest BCUT2D eigenvalue weighted by molar-refractivity contribution is 0.0949. The van der Waals surface area contributed by atoms with E-state index < -0.39 is 0 Å². The Morgan fingerprint density at radius 3 is 2.81 bits per heavy atom. The Morgan fingerprint density at radius 2 is 2.05 bits per heavy atom. The molecule has 0 unspecified atom stereocenters. The maximum atomic E-state index is 12.0. The number of carbonyl (C=O) groups is 1. The smallest absolute Gasteiger partial charge is 0.254 e. The molecule has 3 heterocycles. The zero-order valence-electron chi connectivity index (χ0n) is 11.2. The summed E-state index contributed by atoms with van der Waals surface area (Å²) < 4.78 is 1.88. The van der Waals surface area contributed by atoms with Crippen LogP contribution in [0.5, 0.6) is 0 Å². The van der Waals surface area contributed by atoms with Gasteiger partial charge in [0.25, 0.3) is 5.91 Å². The van der Waals surface area contributed by atoms with Crippen LogP contribution < -0.4 is 5.32 Å². The van der Waals surface area contributed by atoms with Crippen LogP contribution in [0.3, 0.4) is 0 Å². The minimum atomic E-state index is -0.216. The molecule has 0 saturated carbocycles. The second kappa shape index (κ2) is 5.88. The van der Waals surface area contributed by atoms with Gasteiger partial charge in [-0.1, -0.05) is 11.8 Å². The molecule has 0 aliphatic carbocycles. The standard InChI is InChI=1S/C13H12N6OS/c1-21-13-17-4-9(5-18-13)12(20)16-7-10-6-15-11-8-14-2-3-19(10)11/h2-6,8H,7H2,1H3,(H,16,20). The molecule has 1 amide bonds. The lowest BCUT2D eigenvalue weighted by atomic mass is 10.3. The number of hydrogen-bond acceptors (Lipinski definition) is 6. The van der Waals surface area contributed by atoms with Gasteiger partial charge in [-0.25, -0.2) is 15.0 Å². The fraction of sp³-hybridized carbons (Fsp3) is 0.154. The molecule has 3 rings (SSSR count). The average molecular weight is 300 g/mol. The first-order chi connectivity index (χ1) is 10.3. The van der Waals surface area contributed by atoms with Crippen LogP contribution in [-0.4, -0.2) is 36.5 Å². The monoisotopic (exact) mass is 300 g/mol. The number of rotatable bonds is 4. The van der Waals surface area contributed by atoms with Gasteiger partial charge in [-0.15, -0.1) is 0 Å². The number of imidazole rings is 1. The van der Waals surface area contributed by atoms with Crippen molar-refractivity contribution in [1.29, 1.82) is 0 Å². The van der Waals surface area contributed by atoms with E-state index in [1.54, 1.807) is 24.8 Å². The highest BCUT2D eigenvalue weighted by molar-refractivity contribution is 7.98. The van der Waals surface area contributed by atoms with Crippen molar-refractivity contribution in [2.24, 2.45) is 0 Å². The van der Waals surface area contributed by atoms with E-state index >= 15 is 0 Å². The molecule has 0 aliphatic heterocycles. The second-order valence-corrected chi connectivity index (χ2v) is 4.97. The first-order valence-electron chi connectivity index (χ1n) is 6.18. The summed E-state index contributed by atoms with van der Waals surface area (Å²) in [4.78, 5) is 28.4. The second-order valence-electron chi connectivity index (χ2n) is 4.20. The fourth-order valence-electron chi connectivity index (χ4n) is 1.84. The number of carbonyl (C=O) groups excluding carboxylic acids is 1. The van der Waals surface area contributed by atoms with Gasteiger partial charge in [-0.05, 0) is 6.26 Å². The quantitative estimate of drug-likeness (QED) is 0.575. The minimum absolute atomic E-state index is 0.216. The molecule has 0 saturated heterocycles. The highest BCUT2D eigenvalue weighted by atomic mass is 32.2. The SMILES string of the molecule is CSc1ncc(C(=O)NCc2cnc3cnccn23)cn1. The van der Waals surface area contributed by atoms with Gasteiger partial charge >= 0.3 is 0 Å². The molecule has 21 heavy (non-hydrogen) atoms. The largest absolute Gasteiger partial charge is 0.346 e. The predicted octanol–water partition coefficient (Wildman–Crippen LogP) is 1.17. The normalized spacial score (nSPS) is 10.7. The van der Waals surface area contributed by atoms with Crippen molar-refractivity contribution in [2.75, 3.05) is 6.26 Å². The molecule has 0 atom stereocenters. The molecule has 0 aliphatic rings. The Balaban J connectivity index is 1.70. The molecule has 0 spiro atoms. The summed E-state index contributed by atoms with van der Waals surface area (Å²) >= 11 is 1.43. The highest BCUT2D eigenvalue weighted by Crippen LogP contribution is 2.08. The van der Waals surface area contributed by atoms with E-state index in [9.17, 15) is 4.79 Å². The molecule has 3 aromatic rings. The van der Waals surface area contributed by atoms with E-state index in [0.717, 1.165) is 11.3 Å². The number of amides is 1. The first kappa shape index (κ1) is 13.5. The van der Waals surface area contributed by atoms with Crippen LogP contribution in [0.15, 0.2) is 42.3 Å². The van der Waals surface area contributed by atoms with Gasteiger partial charge in [0, 0.05) is 24.8 Å². The third-order valence-electron chi connectivity index (χ3n) is 2.90. The molecule has 3 aromatic heterocycles. The van der Waals surface area contributed by atoms with Gasteiger partial charge in [0.15, 0.2) is 10.8 Å². The number of aromatic nitrogens is 5. The Labute approximate surface area is 124 Å². The summed E-state index contributed by atoms with van der Waals surface area (Å²) in [6, 6.07) is 0. The number of thioether (sulfide) groups is 1. The Hall–Kier alpha value is -2.48. The van der Waals surface area contributed by atoms with E-state index in [1.165, 1.54) is 24.2 Å². The van der Waals surface area contributed by atoms with Gasteiger partial charge in [0.05, 0.1) is 30.2 Å². The van der Waals surface area contributed by atoms with Crippen molar-refractivity contribution in [3.63, 3.8) is 0 Å². The summed E-state index contributed by atoms with van der Waals surface area (Å²) in [5.41, 5.74) is 2.06. The molecular formula is C13H12N6OS. The maximum Gasteiger partial charge on any atom is 0.254 e. The molecule has 7 nitrogen and oxygen atoms in total. The van der Waals surface area contributed by atoms with Crippen LogP contribution in [-0.2, 0) is 6.54 Å². The van der Waals surface area contributed by atoms with Crippen LogP contribution in [0, 0.1) is 0 Å². The van der Waals surface area contributed by atoms with Crippen LogP contribution in [0.4, 0.5) is 0 Å². The molecule has 0 bridgehead atoms. The molecule has 1 N–H and O–H groups in total. The highest BCUT2D eigenvalue weighted by Gasteiger charge is 2.09. The van der Waals surface area contributed by atoms with Crippen LogP contribution in [0.1, 0.15) is 16.1 Å². The summed E-state index contributed by atoms with van der Waals surface area (Å²) in [6.07, 6.45) is 11.8. The lowest BCUT2D eigenvalue weighted by Gasteiger charge is -2.05. The van der Waals surface area contributed by atoms with Crippen molar-refractivity contribution in [3.05, 3.63) is 48.4 Å². The summed E-state index contributed by atoms with van der Waals surface area (Å²) in [6.45, 7) is 0.369. The molecule has 8 heteroatoms. The van der Waals surface area contributed by atoms with Gasteiger partial charge in [-0.3, -0.25) is 14.2 Å². The summed E-state index contributed by atoms with van der Waals surface area (Å²) in [7, 11) is 0. The van der Waals surface area contributed by atoms with E-state index in [-0.39, 0.29) is 5.91 Å². The van der Waals surface area contributed by atoms with E-state index in [2.05, 4.69) is 25.3 Å². The van der Waals surface area contributed by atoms with Crippen LogP contribution in [0.25, 0.3) is 5.65 Å². The van der Waals surface area contributed by atoms with Crippen molar-refractivity contribution < 1.29 is 4.79 Å². The Morgan fingerprint density at radius 1 is 1.24 bits per heavy atom. The van der Waals surface area contributed by atoms with Gasteiger partial charge in [0.2, 0.25) is 0 Å². The molecular weight excluding hydrogens is 288 g/mol. The number of hydrogen-bond donors (Lipinski definition) is 1. The lowest BCUT2D eigenvalue weighted by Crippen LogP contribution is -2.23. The zero-order valence-corrected chi connectivity index (χ0v) is 12.0. The Bertz CT molecular complexity index is 770. The molecule has 0 radical (unpaired) electrons. The van der Waals surface area contributed by atoms with Crippen molar-refractivity contribution in [1.82, 2.24) is 29.7 Å². The summed E-state index contributed by atoms with van der Waals surface area (Å²) in [5.74, 6) is -0.216. The van der Waals surface area contributed by atoms with Crippen molar-refractivity contribution >= 4 is 23.3 Å². The van der Waals surface area contributed by atoms with E-state index in [1.807, 2.05) is 10.7 Å². The van der Waals surface area contributed by atoms with Gasteiger partial charge in [0.1, 0.15) is 0 Å². The third-order valence-corrected chi connectivity index (χ3v) is 3.47. The fourth-order valence-corrected chi connectivity index (χ4v) is 2.15. The molecule has 106 valence electrons. The number of nitrogens with zero attached hydrogens (tertiary/aromatic N) is 5. The van der Waals surface area contributed by atoms with Crippen molar-refractivity contribution in [2.45, 2.75) is 11.7 Å². The molecule has 0 fully saturated rings. The topological polar surface area (TPSA) is 85.1 Å². The van der Waals surface area contributed by atoms with Crippen molar-refractivity contribution in [3.8, 4) is 0 Å². The van der Waals surface area contributed by atoms with Gasteiger partial charge < -0.3 is 5.32 Å². The minimum Gasteiger partial charge on any atom is -0.346 e. The third kappa shape index (κ3) is 2.84. The zero-order chi connectivity index (χ0) is 14.7. The molecule has 0 aromatic carbocycles. The van der Waals surface area contributed by atoms with Crippen LogP contribution in [0.2, 0.25) is 0 Å². The van der Waals surface area contributed by atoms with E-state index in [0.29, 0.717) is 17.3 Å².